The van der Waals surface area contributed by atoms with Crippen molar-refractivity contribution in [3.05, 3.63) is 72.8 Å². The van der Waals surface area contributed by atoms with Crippen LogP contribution in [-0.2, 0) is 9.35 Å². The first-order chi connectivity index (χ1) is 12.3. The van der Waals surface area contributed by atoms with E-state index in [0.29, 0.717) is 0 Å². The van der Waals surface area contributed by atoms with Gasteiger partial charge in [-0.2, -0.15) is 0 Å². The standard InChI is InChI=1S/C20H12O4P/c1-3-7-15-13(5-1)9-11-17-19(15)20-16-8-4-2-6-14(16)10-12-18(20)22-25(21-17)23-24-25/h1-12H/q+1. The first kappa shape index (κ1) is 13.6. The Hall–Kier alpha value is -2.65. The molecule has 4 aromatic rings. The summed E-state index contributed by atoms with van der Waals surface area (Å²) in [6.07, 6.45) is 0. The van der Waals surface area contributed by atoms with E-state index in [1.165, 1.54) is 0 Å². The van der Waals surface area contributed by atoms with Gasteiger partial charge in [0.05, 0.1) is 9.35 Å². The van der Waals surface area contributed by atoms with E-state index >= 15 is 0 Å². The third-order valence-electron chi connectivity index (χ3n) is 4.65. The molecule has 0 aliphatic carbocycles. The summed E-state index contributed by atoms with van der Waals surface area (Å²) in [5.41, 5.74) is 2.03. The predicted octanol–water partition coefficient (Wildman–Crippen LogP) is 6.07. The third-order valence-corrected chi connectivity index (χ3v) is 5.88. The van der Waals surface area contributed by atoms with Gasteiger partial charge in [-0.25, -0.2) is 0 Å². The second kappa shape index (κ2) is 4.70. The molecule has 0 aromatic heterocycles. The molecule has 4 nitrogen and oxygen atoms in total. The van der Waals surface area contributed by atoms with Crippen molar-refractivity contribution in [1.29, 1.82) is 0 Å². The molecule has 0 atom stereocenters. The monoisotopic (exact) mass is 347 g/mol. The highest BCUT2D eigenvalue weighted by Crippen LogP contribution is 2.78. The van der Waals surface area contributed by atoms with Crippen LogP contribution >= 0.6 is 8.17 Å². The van der Waals surface area contributed by atoms with Crippen molar-refractivity contribution in [2.75, 3.05) is 0 Å². The van der Waals surface area contributed by atoms with Gasteiger partial charge in [0.15, 0.2) is 11.5 Å². The van der Waals surface area contributed by atoms with E-state index < -0.39 is 8.17 Å². The molecule has 0 N–H and O–H groups in total. The van der Waals surface area contributed by atoms with Crippen molar-refractivity contribution in [1.82, 2.24) is 0 Å². The average molecular weight is 347 g/mol. The molecule has 0 radical (unpaired) electrons. The van der Waals surface area contributed by atoms with Gasteiger partial charge in [0.2, 0.25) is 0 Å². The minimum absolute atomic E-state index is 0.722. The highest BCUT2D eigenvalue weighted by atomic mass is 31.2. The van der Waals surface area contributed by atoms with Gasteiger partial charge >= 0.3 is 8.17 Å². The lowest BCUT2D eigenvalue weighted by atomic mass is 9.92. The zero-order valence-corrected chi connectivity index (χ0v) is 13.9. The molecule has 0 amide bonds. The van der Waals surface area contributed by atoms with Crippen LogP contribution in [0.2, 0.25) is 0 Å². The minimum atomic E-state index is -2.75. The molecule has 1 fully saturated rings. The summed E-state index contributed by atoms with van der Waals surface area (Å²) in [7, 11) is -2.75. The molecule has 120 valence electrons. The molecular weight excluding hydrogens is 335 g/mol. The predicted molar refractivity (Wildman–Crippen MR) is 97.2 cm³/mol. The molecular formula is C20H12O4P+. The van der Waals surface area contributed by atoms with Gasteiger partial charge in [0.1, 0.15) is 0 Å². The summed E-state index contributed by atoms with van der Waals surface area (Å²) in [6.45, 7) is 0. The van der Waals surface area contributed by atoms with Gasteiger partial charge < -0.3 is 0 Å². The molecule has 5 heteroatoms. The molecule has 2 heterocycles. The van der Waals surface area contributed by atoms with E-state index in [4.69, 9.17) is 18.4 Å². The summed E-state index contributed by atoms with van der Waals surface area (Å²) < 4.78 is 22.3. The highest BCUT2D eigenvalue weighted by Gasteiger charge is 2.76. The Morgan fingerprint density at radius 1 is 0.520 bits per heavy atom. The van der Waals surface area contributed by atoms with Gasteiger partial charge in [-0.1, -0.05) is 60.7 Å². The molecule has 4 aromatic carbocycles. The number of rotatable bonds is 0. The molecule has 0 saturated carbocycles. The Kier molecular flexibility index (Phi) is 2.56. The van der Waals surface area contributed by atoms with Crippen LogP contribution in [0.15, 0.2) is 72.8 Å². The third kappa shape index (κ3) is 1.93. The van der Waals surface area contributed by atoms with Gasteiger partial charge in [-0.3, -0.25) is 9.05 Å². The Balaban J connectivity index is 1.82. The molecule has 6 rings (SSSR count). The fraction of sp³-hybridized carbons (Fsp3) is 0. The first-order valence-corrected chi connectivity index (χ1v) is 9.49. The molecule has 0 unspecified atom stereocenters. The van der Waals surface area contributed by atoms with Crippen molar-refractivity contribution in [3.8, 4) is 22.6 Å². The van der Waals surface area contributed by atoms with Crippen molar-refractivity contribution in [2.45, 2.75) is 0 Å². The Morgan fingerprint density at radius 2 is 1.00 bits per heavy atom. The zero-order chi connectivity index (χ0) is 16.4. The Bertz CT molecular complexity index is 1080. The van der Waals surface area contributed by atoms with Crippen molar-refractivity contribution in [2.24, 2.45) is 0 Å². The topological polar surface area (TPSA) is 43.5 Å². The maximum absolute atomic E-state index is 6.04. The maximum atomic E-state index is 6.04. The Morgan fingerprint density at radius 3 is 1.48 bits per heavy atom. The smallest absolute Gasteiger partial charge is 0.250 e. The Labute approximate surface area is 144 Å². The molecule has 2 aliphatic rings. The number of hydrogen-bond acceptors (Lipinski definition) is 4. The van der Waals surface area contributed by atoms with E-state index in [0.717, 1.165) is 44.2 Å². The van der Waals surface area contributed by atoms with Crippen LogP contribution in [-0.4, -0.2) is 0 Å². The molecule has 1 spiro atoms. The average Bonchev–Trinajstić information content (AvgIpc) is 3.43. The summed E-state index contributed by atoms with van der Waals surface area (Å²) >= 11 is 0. The lowest BCUT2D eigenvalue weighted by Gasteiger charge is -2.11. The lowest BCUT2D eigenvalue weighted by Crippen LogP contribution is -1.93. The van der Waals surface area contributed by atoms with E-state index in [9.17, 15) is 0 Å². The second-order valence-corrected chi connectivity index (χ2v) is 7.66. The normalized spacial score (nSPS) is 16.6. The SMILES string of the molecule is c1ccc2c3c(ccc2c1)O[P+]1(OO1)Oc1ccc2ccccc2c1-3. The quantitative estimate of drug-likeness (QED) is 0.220. The van der Waals surface area contributed by atoms with Crippen LogP contribution in [0.3, 0.4) is 0 Å². The van der Waals surface area contributed by atoms with E-state index in [2.05, 4.69) is 24.3 Å². The molecule has 1 saturated heterocycles. The summed E-state index contributed by atoms with van der Waals surface area (Å²) in [5.74, 6) is 1.44. The van der Waals surface area contributed by atoms with E-state index in [1.807, 2.05) is 48.5 Å². The second-order valence-electron chi connectivity index (χ2n) is 6.10. The number of benzene rings is 4. The molecule has 2 aliphatic heterocycles. The highest BCUT2D eigenvalue weighted by molar-refractivity contribution is 7.61. The van der Waals surface area contributed by atoms with Gasteiger partial charge in [0.25, 0.3) is 0 Å². The van der Waals surface area contributed by atoms with E-state index in [-0.39, 0.29) is 0 Å². The minimum Gasteiger partial charge on any atom is -0.250 e. The summed E-state index contributed by atoms with van der Waals surface area (Å²) in [6, 6.07) is 24.6. The van der Waals surface area contributed by atoms with Crippen LogP contribution in [0.5, 0.6) is 11.5 Å². The lowest BCUT2D eigenvalue weighted by molar-refractivity contribution is 0.0850. The summed E-state index contributed by atoms with van der Waals surface area (Å²) in [5, 5.41) is 4.53. The van der Waals surface area contributed by atoms with Crippen molar-refractivity contribution in [3.63, 3.8) is 0 Å². The zero-order valence-electron chi connectivity index (χ0n) is 13.0. The van der Waals surface area contributed by atoms with Crippen LogP contribution in [0.25, 0.3) is 32.7 Å². The van der Waals surface area contributed by atoms with Crippen LogP contribution in [0.4, 0.5) is 0 Å². The van der Waals surface area contributed by atoms with Crippen LogP contribution in [0, 0.1) is 0 Å². The maximum Gasteiger partial charge on any atom is 0.737 e. The largest absolute Gasteiger partial charge is 0.737 e. The van der Waals surface area contributed by atoms with E-state index in [1.54, 1.807) is 0 Å². The molecule has 25 heavy (non-hydrogen) atoms. The fourth-order valence-electron chi connectivity index (χ4n) is 3.52. The number of fused-ring (bicyclic) bond motifs is 7. The van der Waals surface area contributed by atoms with Crippen molar-refractivity contribution < 1.29 is 18.4 Å². The van der Waals surface area contributed by atoms with Gasteiger partial charge in [-0.15, -0.1) is 0 Å². The molecule has 0 bridgehead atoms. The first-order valence-electron chi connectivity index (χ1n) is 8.03. The summed E-state index contributed by atoms with van der Waals surface area (Å²) in [4.78, 5) is 0. The van der Waals surface area contributed by atoms with Crippen LogP contribution in [0.1, 0.15) is 0 Å². The number of hydrogen-bond donors (Lipinski definition) is 0. The van der Waals surface area contributed by atoms with Crippen molar-refractivity contribution >= 4 is 29.7 Å². The van der Waals surface area contributed by atoms with Gasteiger partial charge in [-0.05, 0) is 33.7 Å². The van der Waals surface area contributed by atoms with Crippen LogP contribution < -0.4 is 9.05 Å². The fourth-order valence-corrected chi connectivity index (χ4v) is 4.68. The van der Waals surface area contributed by atoms with Gasteiger partial charge in [0, 0.05) is 11.1 Å².